The standard InChI is InChI=1S/C32H48N4O7/c1-6-42-27(37)17-11-10-15-25(34-32(41)43-21-24-13-8-7-9-14-24)29(38)35-28(23(4)5)31(40)36-20-12-16-26(36)30(39)33-19-18-22(2)3/h7-9,11,13-14,17,22-23,25-26,28H,6,10,12,15-16,18-21H2,1-5H3,(H,33,39)(H,34,41)(H,35,38)/b17-11+/t25-,26-,28-/m0/s1. The lowest BCUT2D eigenvalue weighted by atomic mass is 10.0. The van der Waals surface area contributed by atoms with Gasteiger partial charge in [-0.2, -0.15) is 0 Å². The molecule has 43 heavy (non-hydrogen) atoms. The van der Waals surface area contributed by atoms with E-state index < -0.39 is 36.1 Å². The van der Waals surface area contributed by atoms with Crippen molar-refractivity contribution in [3.05, 3.63) is 48.0 Å². The fourth-order valence-corrected chi connectivity index (χ4v) is 4.66. The van der Waals surface area contributed by atoms with E-state index in [1.54, 1.807) is 17.9 Å². The number of esters is 1. The van der Waals surface area contributed by atoms with Crippen molar-refractivity contribution < 1.29 is 33.4 Å². The molecule has 1 fully saturated rings. The van der Waals surface area contributed by atoms with Gasteiger partial charge in [-0.15, -0.1) is 0 Å². The normalized spacial score (nSPS) is 16.2. The molecule has 3 N–H and O–H groups in total. The first-order chi connectivity index (χ1) is 20.5. The minimum absolute atomic E-state index is 0.0203. The Hall–Kier alpha value is -3.89. The highest BCUT2D eigenvalue weighted by Crippen LogP contribution is 2.21. The van der Waals surface area contributed by atoms with E-state index in [9.17, 15) is 24.0 Å². The van der Waals surface area contributed by atoms with Crippen LogP contribution in [0.2, 0.25) is 0 Å². The Labute approximate surface area is 255 Å². The summed E-state index contributed by atoms with van der Waals surface area (Å²) in [6.07, 6.45) is 4.56. The molecule has 0 radical (unpaired) electrons. The van der Waals surface area contributed by atoms with Crippen LogP contribution < -0.4 is 16.0 Å². The average Bonchev–Trinajstić information content (AvgIpc) is 3.46. The highest BCUT2D eigenvalue weighted by Gasteiger charge is 2.39. The van der Waals surface area contributed by atoms with Gasteiger partial charge in [0.1, 0.15) is 24.7 Å². The number of likely N-dealkylation sites (tertiary alicyclic amines) is 1. The molecule has 1 aromatic carbocycles. The molecule has 1 aliphatic rings. The molecule has 0 saturated carbocycles. The van der Waals surface area contributed by atoms with Crippen LogP contribution in [0.5, 0.6) is 0 Å². The number of ether oxygens (including phenoxy) is 2. The Kier molecular flexibility index (Phi) is 15.3. The molecule has 0 unspecified atom stereocenters. The van der Waals surface area contributed by atoms with Crippen molar-refractivity contribution in [2.24, 2.45) is 11.8 Å². The number of rotatable bonds is 16. The Balaban J connectivity index is 2.10. The Morgan fingerprint density at radius 1 is 1.00 bits per heavy atom. The molecule has 0 aliphatic carbocycles. The number of alkyl carbamates (subject to hydrolysis) is 1. The van der Waals surface area contributed by atoms with Gasteiger partial charge in [-0.25, -0.2) is 9.59 Å². The quantitative estimate of drug-likeness (QED) is 0.195. The molecule has 0 aromatic heterocycles. The fourth-order valence-electron chi connectivity index (χ4n) is 4.66. The minimum Gasteiger partial charge on any atom is -0.463 e. The molecule has 1 heterocycles. The highest BCUT2D eigenvalue weighted by atomic mass is 16.5. The van der Waals surface area contributed by atoms with Crippen LogP contribution in [0.25, 0.3) is 0 Å². The van der Waals surface area contributed by atoms with E-state index in [-0.39, 0.29) is 43.8 Å². The third-order valence-electron chi connectivity index (χ3n) is 7.07. The van der Waals surface area contributed by atoms with Crippen molar-refractivity contribution in [1.29, 1.82) is 0 Å². The van der Waals surface area contributed by atoms with Gasteiger partial charge in [0.25, 0.3) is 0 Å². The van der Waals surface area contributed by atoms with Crippen LogP contribution in [0.1, 0.15) is 72.3 Å². The van der Waals surface area contributed by atoms with Crippen LogP contribution in [0.4, 0.5) is 4.79 Å². The topological polar surface area (TPSA) is 143 Å². The van der Waals surface area contributed by atoms with E-state index in [2.05, 4.69) is 29.8 Å². The molecule has 11 nitrogen and oxygen atoms in total. The maximum absolute atomic E-state index is 13.7. The SMILES string of the molecule is CCOC(=O)/C=C/CC[C@H](NC(=O)OCc1ccccc1)C(=O)N[C@H](C(=O)N1CCC[C@H]1C(=O)NCCC(C)C)C(C)C. The van der Waals surface area contributed by atoms with Crippen LogP contribution in [-0.4, -0.2) is 72.5 Å². The number of nitrogens with one attached hydrogen (secondary N) is 3. The number of amides is 4. The number of hydrogen-bond acceptors (Lipinski definition) is 7. The van der Waals surface area contributed by atoms with E-state index in [1.165, 1.54) is 6.08 Å². The van der Waals surface area contributed by atoms with Gasteiger partial charge in [0.2, 0.25) is 17.7 Å². The maximum atomic E-state index is 13.7. The maximum Gasteiger partial charge on any atom is 0.408 e. The van der Waals surface area contributed by atoms with Crippen LogP contribution in [0.3, 0.4) is 0 Å². The molecule has 1 aliphatic heterocycles. The third-order valence-corrected chi connectivity index (χ3v) is 7.07. The summed E-state index contributed by atoms with van der Waals surface area (Å²) >= 11 is 0. The van der Waals surface area contributed by atoms with Gasteiger partial charge in [0.05, 0.1) is 6.61 Å². The monoisotopic (exact) mass is 600 g/mol. The predicted molar refractivity (Wildman–Crippen MR) is 163 cm³/mol. The zero-order chi connectivity index (χ0) is 31.8. The molecule has 0 spiro atoms. The number of hydrogen-bond donors (Lipinski definition) is 3. The molecule has 238 valence electrons. The van der Waals surface area contributed by atoms with E-state index in [0.717, 1.165) is 12.0 Å². The summed E-state index contributed by atoms with van der Waals surface area (Å²) in [6, 6.07) is 6.59. The second-order valence-electron chi connectivity index (χ2n) is 11.4. The number of benzene rings is 1. The number of nitrogens with zero attached hydrogens (tertiary/aromatic N) is 1. The van der Waals surface area contributed by atoms with E-state index in [4.69, 9.17) is 9.47 Å². The first kappa shape index (κ1) is 35.3. The van der Waals surface area contributed by atoms with Crippen LogP contribution in [0.15, 0.2) is 42.5 Å². The molecule has 0 bridgehead atoms. The first-order valence-corrected chi connectivity index (χ1v) is 15.2. The van der Waals surface area contributed by atoms with E-state index in [1.807, 2.05) is 44.2 Å². The molecule has 2 rings (SSSR count). The molecular weight excluding hydrogens is 552 g/mol. The summed E-state index contributed by atoms with van der Waals surface area (Å²) in [5.41, 5.74) is 0.787. The van der Waals surface area contributed by atoms with Gasteiger partial charge in [-0.05, 0) is 56.4 Å². The van der Waals surface area contributed by atoms with Crippen LogP contribution in [-0.2, 0) is 35.3 Å². The molecular formula is C32H48N4O7. The molecule has 1 aromatic rings. The van der Waals surface area contributed by atoms with Crippen molar-refractivity contribution >= 4 is 29.8 Å². The Morgan fingerprint density at radius 3 is 2.37 bits per heavy atom. The van der Waals surface area contributed by atoms with Gasteiger partial charge < -0.3 is 30.3 Å². The first-order valence-electron chi connectivity index (χ1n) is 15.2. The smallest absolute Gasteiger partial charge is 0.408 e. The van der Waals surface area contributed by atoms with Gasteiger partial charge >= 0.3 is 12.1 Å². The molecule has 3 atom stereocenters. The third kappa shape index (κ3) is 12.5. The molecule has 1 saturated heterocycles. The van der Waals surface area contributed by atoms with E-state index >= 15 is 0 Å². The summed E-state index contributed by atoms with van der Waals surface area (Å²) in [4.78, 5) is 65.9. The van der Waals surface area contributed by atoms with Gasteiger partial charge in [-0.1, -0.05) is 64.1 Å². The molecule has 4 amide bonds. The predicted octanol–water partition coefficient (Wildman–Crippen LogP) is 3.48. The van der Waals surface area contributed by atoms with Crippen LogP contribution in [0, 0.1) is 11.8 Å². The van der Waals surface area contributed by atoms with Gasteiger partial charge in [0.15, 0.2) is 0 Å². The van der Waals surface area contributed by atoms with Crippen LogP contribution >= 0.6 is 0 Å². The second-order valence-corrected chi connectivity index (χ2v) is 11.4. The Morgan fingerprint density at radius 2 is 1.72 bits per heavy atom. The minimum atomic E-state index is -1.04. The average molecular weight is 601 g/mol. The second kappa shape index (κ2) is 18.6. The van der Waals surface area contributed by atoms with E-state index in [0.29, 0.717) is 31.8 Å². The number of allylic oxidation sites excluding steroid dienone is 1. The van der Waals surface area contributed by atoms with Crippen molar-refractivity contribution in [3.63, 3.8) is 0 Å². The summed E-state index contributed by atoms with van der Waals surface area (Å²) in [5.74, 6) is -1.43. The lowest BCUT2D eigenvalue weighted by Crippen LogP contribution is -2.58. The number of carbonyl (C=O) groups excluding carboxylic acids is 5. The van der Waals surface area contributed by atoms with Gasteiger partial charge in [-0.3, -0.25) is 14.4 Å². The largest absolute Gasteiger partial charge is 0.463 e. The Bertz CT molecular complexity index is 1090. The molecule has 11 heteroatoms. The fraction of sp³-hybridized carbons (Fsp3) is 0.594. The zero-order valence-corrected chi connectivity index (χ0v) is 26.1. The summed E-state index contributed by atoms with van der Waals surface area (Å²) in [7, 11) is 0. The van der Waals surface area contributed by atoms with Crippen molar-refractivity contribution in [1.82, 2.24) is 20.9 Å². The van der Waals surface area contributed by atoms with Crippen molar-refractivity contribution in [2.45, 2.75) is 91.5 Å². The zero-order valence-electron chi connectivity index (χ0n) is 26.1. The lowest BCUT2D eigenvalue weighted by molar-refractivity contribution is -0.142. The summed E-state index contributed by atoms with van der Waals surface area (Å²) in [6.45, 7) is 10.7. The highest BCUT2D eigenvalue weighted by molar-refractivity contribution is 5.94. The van der Waals surface area contributed by atoms with Crippen molar-refractivity contribution in [3.8, 4) is 0 Å². The summed E-state index contributed by atoms with van der Waals surface area (Å²) in [5, 5.41) is 8.35. The van der Waals surface area contributed by atoms with Crippen molar-refractivity contribution in [2.75, 3.05) is 19.7 Å². The lowest BCUT2D eigenvalue weighted by Gasteiger charge is -2.31. The number of carbonyl (C=O) groups is 5. The van der Waals surface area contributed by atoms with Gasteiger partial charge in [0, 0.05) is 19.2 Å². The summed E-state index contributed by atoms with van der Waals surface area (Å²) < 4.78 is 10.2.